The van der Waals surface area contributed by atoms with Crippen molar-refractivity contribution in [2.75, 3.05) is 7.11 Å². The molecule has 0 spiro atoms. The summed E-state index contributed by atoms with van der Waals surface area (Å²) < 4.78 is 13.0. The van der Waals surface area contributed by atoms with Crippen LogP contribution in [0.3, 0.4) is 0 Å². The highest BCUT2D eigenvalue weighted by Crippen LogP contribution is 2.43. The first kappa shape index (κ1) is 15.7. The van der Waals surface area contributed by atoms with Crippen molar-refractivity contribution in [3.05, 3.63) is 72.3 Å². The first-order chi connectivity index (χ1) is 12.3. The highest BCUT2D eigenvalue weighted by Gasteiger charge is 2.34. The molecule has 0 amide bonds. The Bertz CT molecular complexity index is 794. The summed E-state index contributed by atoms with van der Waals surface area (Å²) in [7, 11) is 1.67. The Balaban J connectivity index is 1.42. The van der Waals surface area contributed by atoms with Gasteiger partial charge in [-0.15, -0.1) is 0 Å². The molecule has 1 aromatic heterocycles. The minimum Gasteiger partial charge on any atom is -0.497 e. The molecule has 5 heteroatoms. The molecule has 1 fully saturated rings. The lowest BCUT2D eigenvalue weighted by Gasteiger charge is -2.17. The van der Waals surface area contributed by atoms with Gasteiger partial charge in [-0.2, -0.15) is 5.10 Å². The molecule has 0 saturated heterocycles. The third-order valence-electron chi connectivity index (χ3n) is 4.58. The topological polar surface area (TPSA) is 49.2 Å². The molecular weight excluding hydrogens is 314 g/mol. The molecule has 1 atom stereocenters. The standard InChI is InChI=1S/C20H21N3O2/c1-24-18-8-2-15(3-9-18)12-25-19-10-6-17(7-11-19)20(16-4-5-16)23-14-21-13-22-23/h2-3,6-11,13-14,16,20H,4-5,12H2,1H3. The van der Waals surface area contributed by atoms with Crippen LogP contribution in [-0.4, -0.2) is 21.9 Å². The Hall–Kier alpha value is -2.82. The summed E-state index contributed by atoms with van der Waals surface area (Å²) in [6.45, 7) is 0.540. The van der Waals surface area contributed by atoms with Gasteiger partial charge in [0.2, 0.25) is 0 Å². The first-order valence-corrected chi connectivity index (χ1v) is 8.53. The van der Waals surface area contributed by atoms with Crippen LogP contribution in [-0.2, 0) is 6.61 Å². The van der Waals surface area contributed by atoms with E-state index in [0.717, 1.165) is 17.1 Å². The van der Waals surface area contributed by atoms with E-state index in [-0.39, 0.29) is 6.04 Å². The minimum atomic E-state index is 0.276. The van der Waals surface area contributed by atoms with E-state index in [1.807, 2.05) is 41.1 Å². The largest absolute Gasteiger partial charge is 0.497 e. The van der Waals surface area contributed by atoms with E-state index in [4.69, 9.17) is 9.47 Å². The molecule has 3 aromatic rings. The number of hydrogen-bond acceptors (Lipinski definition) is 4. The van der Waals surface area contributed by atoms with Crippen LogP contribution >= 0.6 is 0 Å². The maximum atomic E-state index is 5.89. The van der Waals surface area contributed by atoms with Crippen LogP contribution in [0, 0.1) is 5.92 Å². The fourth-order valence-corrected chi connectivity index (χ4v) is 3.06. The van der Waals surface area contributed by atoms with E-state index in [9.17, 15) is 0 Å². The first-order valence-electron chi connectivity index (χ1n) is 8.53. The molecular formula is C20H21N3O2. The smallest absolute Gasteiger partial charge is 0.137 e. The molecule has 25 heavy (non-hydrogen) atoms. The second-order valence-electron chi connectivity index (χ2n) is 6.36. The van der Waals surface area contributed by atoms with E-state index in [1.54, 1.807) is 19.8 Å². The maximum absolute atomic E-state index is 5.89. The van der Waals surface area contributed by atoms with Gasteiger partial charge in [-0.1, -0.05) is 24.3 Å². The predicted octanol–water partition coefficient (Wildman–Crippen LogP) is 3.87. The molecule has 0 radical (unpaired) electrons. The van der Waals surface area contributed by atoms with Crippen molar-refractivity contribution in [1.82, 2.24) is 14.8 Å². The molecule has 1 heterocycles. The number of nitrogens with zero attached hydrogens (tertiary/aromatic N) is 3. The van der Waals surface area contributed by atoms with Crippen LogP contribution < -0.4 is 9.47 Å². The summed E-state index contributed by atoms with van der Waals surface area (Å²) in [5.74, 6) is 2.38. The maximum Gasteiger partial charge on any atom is 0.137 e. The average molecular weight is 335 g/mol. The third-order valence-corrected chi connectivity index (χ3v) is 4.58. The minimum absolute atomic E-state index is 0.276. The van der Waals surface area contributed by atoms with Crippen LogP contribution in [0.4, 0.5) is 0 Å². The molecule has 1 unspecified atom stereocenters. The lowest BCUT2D eigenvalue weighted by molar-refractivity contribution is 0.305. The van der Waals surface area contributed by atoms with Gasteiger partial charge in [-0.05, 0) is 54.2 Å². The molecule has 1 aliphatic rings. The van der Waals surface area contributed by atoms with Crippen molar-refractivity contribution in [2.45, 2.75) is 25.5 Å². The van der Waals surface area contributed by atoms with Gasteiger partial charge in [0.25, 0.3) is 0 Å². The number of aromatic nitrogens is 3. The van der Waals surface area contributed by atoms with Crippen molar-refractivity contribution in [1.29, 1.82) is 0 Å². The molecule has 1 saturated carbocycles. The Labute approximate surface area is 147 Å². The van der Waals surface area contributed by atoms with E-state index in [2.05, 4.69) is 22.2 Å². The van der Waals surface area contributed by atoms with Gasteiger partial charge in [-0.3, -0.25) is 0 Å². The van der Waals surface area contributed by atoms with E-state index in [1.165, 1.54) is 18.4 Å². The van der Waals surface area contributed by atoms with E-state index >= 15 is 0 Å². The van der Waals surface area contributed by atoms with Crippen molar-refractivity contribution >= 4 is 0 Å². The second kappa shape index (κ2) is 6.97. The van der Waals surface area contributed by atoms with Crippen LogP contribution in [0.15, 0.2) is 61.2 Å². The lowest BCUT2D eigenvalue weighted by Crippen LogP contribution is -2.13. The zero-order valence-electron chi connectivity index (χ0n) is 14.2. The van der Waals surface area contributed by atoms with Gasteiger partial charge in [0, 0.05) is 0 Å². The Morgan fingerprint density at radius 1 is 1.04 bits per heavy atom. The van der Waals surface area contributed by atoms with Crippen molar-refractivity contribution < 1.29 is 9.47 Å². The quantitative estimate of drug-likeness (QED) is 0.658. The fraction of sp³-hybridized carbons (Fsp3) is 0.300. The number of hydrogen-bond donors (Lipinski definition) is 0. The van der Waals surface area contributed by atoms with Crippen LogP contribution in [0.5, 0.6) is 11.5 Å². The van der Waals surface area contributed by atoms with Crippen molar-refractivity contribution in [3.8, 4) is 11.5 Å². The highest BCUT2D eigenvalue weighted by molar-refractivity contribution is 5.31. The highest BCUT2D eigenvalue weighted by atomic mass is 16.5. The third kappa shape index (κ3) is 3.65. The number of rotatable bonds is 7. The second-order valence-corrected chi connectivity index (χ2v) is 6.36. The van der Waals surface area contributed by atoms with Crippen molar-refractivity contribution in [3.63, 3.8) is 0 Å². The summed E-state index contributed by atoms with van der Waals surface area (Å²) in [4.78, 5) is 4.09. The monoisotopic (exact) mass is 335 g/mol. The number of ether oxygens (including phenoxy) is 2. The molecule has 0 aliphatic heterocycles. The predicted molar refractivity (Wildman–Crippen MR) is 94.7 cm³/mol. The normalized spacial score (nSPS) is 14.9. The van der Waals surface area contributed by atoms with Gasteiger partial charge < -0.3 is 9.47 Å². The molecule has 2 aromatic carbocycles. The van der Waals surface area contributed by atoms with Crippen LogP contribution in [0.2, 0.25) is 0 Å². The van der Waals surface area contributed by atoms with Crippen LogP contribution in [0.1, 0.15) is 30.0 Å². The molecule has 1 aliphatic carbocycles. The average Bonchev–Trinajstić information content (AvgIpc) is 3.35. The Kier molecular flexibility index (Phi) is 4.37. The number of methoxy groups -OCH3 is 1. The lowest BCUT2D eigenvalue weighted by atomic mass is 10.0. The van der Waals surface area contributed by atoms with E-state index in [0.29, 0.717) is 12.5 Å². The Morgan fingerprint density at radius 3 is 2.36 bits per heavy atom. The molecule has 0 N–H and O–H groups in total. The van der Waals surface area contributed by atoms with Gasteiger partial charge >= 0.3 is 0 Å². The SMILES string of the molecule is COc1ccc(COc2ccc(C(C3CC3)n3cncn3)cc2)cc1. The number of benzene rings is 2. The van der Waals surface area contributed by atoms with Crippen molar-refractivity contribution in [2.24, 2.45) is 5.92 Å². The van der Waals surface area contributed by atoms with Gasteiger partial charge in [0.1, 0.15) is 30.8 Å². The molecule has 5 nitrogen and oxygen atoms in total. The summed E-state index contributed by atoms with van der Waals surface area (Å²) >= 11 is 0. The summed E-state index contributed by atoms with van der Waals surface area (Å²) in [5, 5.41) is 4.33. The molecule has 128 valence electrons. The van der Waals surface area contributed by atoms with Gasteiger partial charge in [0.05, 0.1) is 13.2 Å². The fourth-order valence-electron chi connectivity index (χ4n) is 3.06. The Morgan fingerprint density at radius 2 is 1.76 bits per heavy atom. The summed E-state index contributed by atoms with van der Waals surface area (Å²) in [6.07, 6.45) is 5.90. The van der Waals surface area contributed by atoms with Gasteiger partial charge in [-0.25, -0.2) is 9.67 Å². The van der Waals surface area contributed by atoms with Gasteiger partial charge in [0.15, 0.2) is 0 Å². The zero-order valence-corrected chi connectivity index (χ0v) is 14.2. The molecule has 0 bridgehead atoms. The molecule has 4 rings (SSSR count). The summed E-state index contributed by atoms with van der Waals surface area (Å²) in [6, 6.07) is 16.5. The van der Waals surface area contributed by atoms with E-state index < -0.39 is 0 Å². The zero-order chi connectivity index (χ0) is 17.1. The van der Waals surface area contributed by atoms with Crippen LogP contribution in [0.25, 0.3) is 0 Å². The summed E-state index contributed by atoms with van der Waals surface area (Å²) in [5.41, 5.74) is 2.37.